The van der Waals surface area contributed by atoms with Gasteiger partial charge in [-0.25, -0.2) is 0 Å². The maximum atomic E-state index is 12.3. The van der Waals surface area contributed by atoms with E-state index in [-0.39, 0.29) is 23.6 Å². The largest absolute Gasteiger partial charge is 0.496 e. The molecule has 0 unspecified atom stereocenters. The number of carbonyl (C=O) groups is 1. The molecule has 0 aromatic heterocycles. The number of carbonyl (C=O) groups excluding carboxylic acids is 1. The summed E-state index contributed by atoms with van der Waals surface area (Å²) in [4.78, 5) is 22.8. The number of benzene rings is 2. The summed E-state index contributed by atoms with van der Waals surface area (Å²) in [7, 11) is 1.39. The van der Waals surface area contributed by atoms with Crippen molar-refractivity contribution >= 4 is 23.3 Å². The van der Waals surface area contributed by atoms with E-state index in [1.165, 1.54) is 25.3 Å². The summed E-state index contributed by atoms with van der Waals surface area (Å²) in [5.74, 6) is 0.353. The molecule has 0 amide bonds. The van der Waals surface area contributed by atoms with Gasteiger partial charge in [0.1, 0.15) is 5.75 Å². The van der Waals surface area contributed by atoms with E-state index in [0.29, 0.717) is 35.3 Å². The van der Waals surface area contributed by atoms with Crippen LogP contribution in [0, 0.1) is 10.1 Å². The van der Waals surface area contributed by atoms with Crippen LogP contribution in [-0.2, 0) is 11.2 Å². The Bertz CT molecular complexity index is 884. The van der Waals surface area contributed by atoms with Crippen LogP contribution in [0.4, 0.5) is 5.69 Å². The number of fused-ring (bicyclic) bond motifs is 1. The Morgan fingerprint density at radius 3 is 2.78 bits per heavy atom. The predicted octanol–water partition coefficient (Wildman–Crippen LogP) is 3.57. The van der Waals surface area contributed by atoms with Crippen molar-refractivity contribution < 1.29 is 28.7 Å². The van der Waals surface area contributed by atoms with Crippen molar-refractivity contribution in [1.82, 2.24) is 0 Å². The van der Waals surface area contributed by atoms with Gasteiger partial charge in [0.2, 0.25) is 5.75 Å². The molecule has 27 heavy (non-hydrogen) atoms. The number of hydrogen-bond donors (Lipinski definition) is 0. The zero-order valence-electron chi connectivity index (χ0n) is 14.4. The highest BCUT2D eigenvalue weighted by Gasteiger charge is 2.21. The highest BCUT2D eigenvalue weighted by atomic mass is 35.5. The number of nitrogens with zero attached hydrogens (tertiary/aromatic N) is 1. The monoisotopic (exact) mass is 393 g/mol. The Morgan fingerprint density at radius 2 is 2.04 bits per heavy atom. The first-order chi connectivity index (χ1) is 13.0. The number of nitro groups is 1. The Morgan fingerprint density at radius 1 is 1.26 bits per heavy atom. The number of hydrogen-bond acceptors (Lipinski definition) is 7. The molecular weight excluding hydrogens is 378 g/mol. The zero-order valence-corrected chi connectivity index (χ0v) is 15.2. The Labute approximate surface area is 159 Å². The van der Waals surface area contributed by atoms with Gasteiger partial charge in [0.05, 0.1) is 42.8 Å². The van der Waals surface area contributed by atoms with Crippen LogP contribution in [0.5, 0.6) is 23.0 Å². The molecular formula is C18H16ClNO7. The highest BCUT2D eigenvalue weighted by molar-refractivity contribution is 6.32. The molecule has 0 atom stereocenters. The summed E-state index contributed by atoms with van der Waals surface area (Å²) in [6.45, 7) is 0.977. The van der Waals surface area contributed by atoms with E-state index in [1.807, 2.05) is 0 Å². The maximum absolute atomic E-state index is 12.3. The lowest BCUT2D eigenvalue weighted by atomic mass is 10.1. The van der Waals surface area contributed by atoms with Gasteiger partial charge < -0.3 is 18.9 Å². The number of methoxy groups -OCH3 is 1. The fourth-order valence-electron chi connectivity index (χ4n) is 2.56. The van der Waals surface area contributed by atoms with Gasteiger partial charge in [-0.15, -0.1) is 0 Å². The molecule has 0 spiro atoms. The van der Waals surface area contributed by atoms with Crippen LogP contribution >= 0.6 is 11.6 Å². The van der Waals surface area contributed by atoms with Crippen LogP contribution in [0.15, 0.2) is 30.3 Å². The number of ether oxygens (including phenoxy) is 4. The second kappa shape index (κ2) is 8.13. The molecule has 0 aliphatic carbocycles. The van der Waals surface area contributed by atoms with Crippen molar-refractivity contribution in [3.8, 4) is 23.0 Å². The fourth-order valence-corrected chi connectivity index (χ4v) is 2.85. The summed E-state index contributed by atoms with van der Waals surface area (Å²) in [5.41, 5.74) is 0.185. The summed E-state index contributed by atoms with van der Waals surface area (Å²) in [6.07, 6.45) is 0.586. The molecule has 0 saturated heterocycles. The minimum atomic E-state index is -0.672. The standard InChI is InChI=1S/C18H16ClNO7/c1-24-12-3-4-15(14(10-12)20(22)23)27-17(21)9-11-7-13(19)18-16(8-11)25-5-2-6-26-18/h3-4,7-8,10H,2,5-6,9H2,1H3. The Hall–Kier alpha value is -3.00. The molecule has 0 saturated carbocycles. The first kappa shape index (κ1) is 18.8. The normalized spacial score (nSPS) is 12.8. The number of halogens is 1. The van der Waals surface area contributed by atoms with E-state index in [9.17, 15) is 14.9 Å². The van der Waals surface area contributed by atoms with Crippen LogP contribution in [0.2, 0.25) is 5.02 Å². The molecule has 142 valence electrons. The lowest BCUT2D eigenvalue weighted by Gasteiger charge is -2.11. The molecule has 1 aliphatic heterocycles. The van der Waals surface area contributed by atoms with Crippen molar-refractivity contribution in [3.63, 3.8) is 0 Å². The van der Waals surface area contributed by atoms with Crippen LogP contribution < -0.4 is 18.9 Å². The molecule has 2 aromatic rings. The van der Waals surface area contributed by atoms with Gasteiger partial charge in [0.15, 0.2) is 11.5 Å². The van der Waals surface area contributed by atoms with Gasteiger partial charge >= 0.3 is 11.7 Å². The average molecular weight is 394 g/mol. The third-order valence-corrected chi connectivity index (χ3v) is 4.08. The summed E-state index contributed by atoms with van der Waals surface area (Å²) in [5, 5.41) is 11.5. The predicted molar refractivity (Wildman–Crippen MR) is 96.0 cm³/mol. The van der Waals surface area contributed by atoms with Gasteiger partial charge in [-0.1, -0.05) is 11.6 Å². The van der Waals surface area contributed by atoms with Gasteiger partial charge in [-0.3, -0.25) is 14.9 Å². The van der Waals surface area contributed by atoms with E-state index in [1.54, 1.807) is 12.1 Å². The molecule has 0 fully saturated rings. The SMILES string of the molecule is COc1ccc(OC(=O)Cc2cc(Cl)c3c(c2)OCCCO3)c([N+](=O)[O-])c1. The molecule has 1 heterocycles. The van der Waals surface area contributed by atoms with Crippen molar-refractivity contribution in [2.45, 2.75) is 12.8 Å². The molecule has 1 aliphatic rings. The first-order valence-electron chi connectivity index (χ1n) is 8.09. The van der Waals surface area contributed by atoms with Crippen molar-refractivity contribution in [2.24, 2.45) is 0 Å². The number of nitro benzene ring substituents is 1. The molecule has 0 N–H and O–H groups in total. The van der Waals surface area contributed by atoms with Crippen LogP contribution in [0.1, 0.15) is 12.0 Å². The molecule has 9 heteroatoms. The minimum absolute atomic E-state index is 0.139. The molecule has 8 nitrogen and oxygen atoms in total. The van der Waals surface area contributed by atoms with Crippen molar-refractivity contribution in [2.75, 3.05) is 20.3 Å². The zero-order chi connectivity index (χ0) is 19.4. The summed E-state index contributed by atoms with van der Waals surface area (Å²) < 4.78 is 21.2. The Kier molecular flexibility index (Phi) is 5.66. The lowest BCUT2D eigenvalue weighted by Crippen LogP contribution is -2.12. The number of rotatable bonds is 5. The van der Waals surface area contributed by atoms with Gasteiger partial charge in [0, 0.05) is 6.42 Å². The topological polar surface area (TPSA) is 97.1 Å². The summed E-state index contributed by atoms with van der Waals surface area (Å²) in [6, 6.07) is 7.21. The highest BCUT2D eigenvalue weighted by Crippen LogP contribution is 2.38. The van der Waals surface area contributed by atoms with E-state index >= 15 is 0 Å². The second-order valence-electron chi connectivity index (χ2n) is 5.70. The van der Waals surface area contributed by atoms with E-state index < -0.39 is 10.9 Å². The maximum Gasteiger partial charge on any atom is 0.315 e. The summed E-state index contributed by atoms with van der Waals surface area (Å²) >= 11 is 6.20. The van der Waals surface area contributed by atoms with Gasteiger partial charge in [0.25, 0.3) is 0 Å². The van der Waals surface area contributed by atoms with Crippen LogP contribution in [0.3, 0.4) is 0 Å². The van der Waals surface area contributed by atoms with Crippen LogP contribution in [-0.4, -0.2) is 31.2 Å². The van der Waals surface area contributed by atoms with Gasteiger partial charge in [-0.05, 0) is 29.8 Å². The number of esters is 1. The fraction of sp³-hybridized carbons (Fsp3) is 0.278. The third kappa shape index (κ3) is 4.40. The quantitative estimate of drug-likeness (QED) is 0.331. The molecule has 3 rings (SSSR count). The van der Waals surface area contributed by atoms with Crippen molar-refractivity contribution in [1.29, 1.82) is 0 Å². The van der Waals surface area contributed by atoms with E-state index in [2.05, 4.69) is 0 Å². The molecule has 0 bridgehead atoms. The van der Waals surface area contributed by atoms with E-state index in [4.69, 9.17) is 30.5 Å². The molecule has 2 aromatic carbocycles. The molecule has 0 radical (unpaired) electrons. The van der Waals surface area contributed by atoms with Gasteiger partial charge in [-0.2, -0.15) is 0 Å². The van der Waals surface area contributed by atoms with Crippen LogP contribution in [0.25, 0.3) is 0 Å². The third-order valence-electron chi connectivity index (χ3n) is 3.80. The minimum Gasteiger partial charge on any atom is -0.496 e. The first-order valence-corrected chi connectivity index (χ1v) is 8.47. The smallest absolute Gasteiger partial charge is 0.315 e. The second-order valence-corrected chi connectivity index (χ2v) is 6.10. The van der Waals surface area contributed by atoms with E-state index in [0.717, 1.165) is 6.42 Å². The van der Waals surface area contributed by atoms with Crippen molar-refractivity contribution in [3.05, 3.63) is 51.0 Å². The average Bonchev–Trinajstić information content (AvgIpc) is 2.87. The lowest BCUT2D eigenvalue weighted by molar-refractivity contribution is -0.385. The Balaban J connectivity index is 1.78.